The number of fused-ring (bicyclic) bond motifs is 1. The summed E-state index contributed by atoms with van der Waals surface area (Å²) in [7, 11) is 0. The molecule has 1 atom stereocenters. The topological polar surface area (TPSA) is 0 Å². The lowest BCUT2D eigenvalue weighted by Crippen LogP contribution is -2.23. The van der Waals surface area contributed by atoms with Crippen molar-refractivity contribution in [3.63, 3.8) is 0 Å². The van der Waals surface area contributed by atoms with Gasteiger partial charge in [0.15, 0.2) is 0 Å². The maximum atomic E-state index is 2.44. The Morgan fingerprint density at radius 1 is 0.952 bits per heavy atom. The predicted octanol–water partition coefficient (Wildman–Crippen LogP) is 5.54. The first-order valence-corrected chi connectivity index (χ1v) is 8.08. The van der Waals surface area contributed by atoms with Gasteiger partial charge in [0.2, 0.25) is 0 Å². The van der Waals surface area contributed by atoms with Gasteiger partial charge < -0.3 is 0 Å². The molecule has 0 heterocycles. The SMILES string of the molecule is CCc1ccc2c(c1)C(C)(C)CC2(C)c1cccc(C)c1. The third-order valence-corrected chi connectivity index (χ3v) is 5.27. The van der Waals surface area contributed by atoms with Crippen LogP contribution in [0.1, 0.15) is 61.9 Å². The van der Waals surface area contributed by atoms with Crippen molar-refractivity contribution in [2.75, 3.05) is 0 Å². The summed E-state index contributed by atoms with van der Waals surface area (Å²) >= 11 is 0. The molecule has 0 aliphatic heterocycles. The molecule has 1 unspecified atom stereocenters. The van der Waals surface area contributed by atoms with Gasteiger partial charge >= 0.3 is 0 Å². The molecule has 0 spiro atoms. The van der Waals surface area contributed by atoms with Gasteiger partial charge in [0.1, 0.15) is 0 Å². The quantitative estimate of drug-likeness (QED) is 0.676. The first-order chi connectivity index (χ1) is 9.87. The van der Waals surface area contributed by atoms with Gasteiger partial charge in [0.25, 0.3) is 0 Å². The predicted molar refractivity (Wildman–Crippen MR) is 91.1 cm³/mol. The van der Waals surface area contributed by atoms with E-state index in [1.807, 2.05) is 0 Å². The summed E-state index contributed by atoms with van der Waals surface area (Å²) in [6.45, 7) is 11.6. The number of rotatable bonds is 2. The van der Waals surface area contributed by atoms with E-state index in [2.05, 4.69) is 77.1 Å². The highest BCUT2D eigenvalue weighted by molar-refractivity contribution is 5.53. The Morgan fingerprint density at radius 3 is 2.38 bits per heavy atom. The Balaban J connectivity index is 2.20. The van der Waals surface area contributed by atoms with Gasteiger partial charge in [-0.15, -0.1) is 0 Å². The van der Waals surface area contributed by atoms with Gasteiger partial charge in [-0.05, 0) is 47.4 Å². The van der Waals surface area contributed by atoms with E-state index < -0.39 is 0 Å². The molecule has 0 amide bonds. The standard InChI is InChI=1S/C21H26/c1-6-16-10-11-18-19(13-16)20(3,4)14-21(18,5)17-9-7-8-15(2)12-17/h7-13H,6,14H2,1-5H3. The van der Waals surface area contributed by atoms with E-state index in [0.29, 0.717) is 0 Å². The normalized spacial score (nSPS) is 23.1. The van der Waals surface area contributed by atoms with Crippen molar-refractivity contribution in [3.05, 3.63) is 70.3 Å². The van der Waals surface area contributed by atoms with Crippen LogP contribution in [0.5, 0.6) is 0 Å². The van der Waals surface area contributed by atoms with E-state index in [0.717, 1.165) is 6.42 Å². The molecule has 0 aromatic heterocycles. The molecule has 0 nitrogen and oxygen atoms in total. The number of aryl methyl sites for hydroxylation is 2. The summed E-state index contributed by atoms with van der Waals surface area (Å²) in [5, 5.41) is 0. The Hall–Kier alpha value is -1.56. The van der Waals surface area contributed by atoms with Crippen LogP contribution in [0.2, 0.25) is 0 Å². The minimum Gasteiger partial charge on any atom is -0.0617 e. The van der Waals surface area contributed by atoms with Crippen LogP contribution in [0.25, 0.3) is 0 Å². The average Bonchev–Trinajstić information content (AvgIpc) is 2.66. The van der Waals surface area contributed by atoms with E-state index in [1.165, 1.54) is 28.7 Å². The fraction of sp³-hybridized carbons (Fsp3) is 0.429. The van der Waals surface area contributed by atoms with E-state index in [4.69, 9.17) is 0 Å². The Kier molecular flexibility index (Phi) is 3.24. The van der Waals surface area contributed by atoms with Crippen molar-refractivity contribution in [2.24, 2.45) is 0 Å². The summed E-state index contributed by atoms with van der Waals surface area (Å²) in [4.78, 5) is 0. The minimum atomic E-state index is 0.136. The summed E-state index contributed by atoms with van der Waals surface area (Å²) < 4.78 is 0. The fourth-order valence-corrected chi connectivity index (χ4v) is 4.17. The smallest absolute Gasteiger partial charge is 0.0186 e. The van der Waals surface area contributed by atoms with E-state index in [1.54, 1.807) is 5.56 Å². The van der Waals surface area contributed by atoms with Crippen molar-refractivity contribution in [2.45, 2.75) is 58.3 Å². The maximum absolute atomic E-state index is 2.44. The molecule has 0 bridgehead atoms. The second kappa shape index (κ2) is 4.73. The maximum Gasteiger partial charge on any atom is 0.0186 e. The van der Waals surface area contributed by atoms with E-state index in [9.17, 15) is 0 Å². The van der Waals surface area contributed by atoms with Crippen LogP contribution in [0.4, 0.5) is 0 Å². The molecule has 0 radical (unpaired) electrons. The fourth-order valence-electron chi connectivity index (χ4n) is 4.17. The molecule has 2 aromatic rings. The molecule has 110 valence electrons. The van der Waals surface area contributed by atoms with Crippen LogP contribution < -0.4 is 0 Å². The lowest BCUT2D eigenvalue weighted by Gasteiger charge is -2.28. The van der Waals surface area contributed by atoms with Crippen molar-refractivity contribution in [1.29, 1.82) is 0 Å². The highest BCUT2D eigenvalue weighted by Gasteiger charge is 2.45. The third-order valence-electron chi connectivity index (χ3n) is 5.27. The number of hydrogen-bond acceptors (Lipinski definition) is 0. The van der Waals surface area contributed by atoms with Crippen LogP contribution in [0.3, 0.4) is 0 Å². The Labute approximate surface area is 129 Å². The second-order valence-corrected chi connectivity index (χ2v) is 7.50. The average molecular weight is 278 g/mol. The zero-order valence-corrected chi connectivity index (χ0v) is 14.0. The largest absolute Gasteiger partial charge is 0.0617 e. The molecule has 0 heteroatoms. The molecule has 21 heavy (non-hydrogen) atoms. The zero-order chi connectivity index (χ0) is 15.3. The van der Waals surface area contributed by atoms with Crippen LogP contribution in [-0.4, -0.2) is 0 Å². The summed E-state index contributed by atoms with van der Waals surface area (Å²) in [6.07, 6.45) is 2.30. The van der Waals surface area contributed by atoms with Crippen molar-refractivity contribution in [3.8, 4) is 0 Å². The molecule has 0 fully saturated rings. The van der Waals surface area contributed by atoms with E-state index in [-0.39, 0.29) is 10.8 Å². The van der Waals surface area contributed by atoms with Gasteiger partial charge in [-0.3, -0.25) is 0 Å². The molecule has 3 rings (SSSR count). The van der Waals surface area contributed by atoms with Crippen LogP contribution in [0, 0.1) is 6.92 Å². The van der Waals surface area contributed by atoms with Crippen molar-refractivity contribution in [1.82, 2.24) is 0 Å². The van der Waals surface area contributed by atoms with E-state index >= 15 is 0 Å². The highest BCUT2D eigenvalue weighted by atomic mass is 14.5. The van der Waals surface area contributed by atoms with Gasteiger partial charge in [0, 0.05) is 5.41 Å². The molecule has 0 saturated carbocycles. The molecule has 0 N–H and O–H groups in total. The Morgan fingerprint density at radius 2 is 1.71 bits per heavy atom. The van der Waals surface area contributed by atoms with Crippen LogP contribution >= 0.6 is 0 Å². The molecule has 2 aromatic carbocycles. The van der Waals surface area contributed by atoms with Gasteiger partial charge in [0.05, 0.1) is 0 Å². The van der Waals surface area contributed by atoms with Crippen molar-refractivity contribution >= 4 is 0 Å². The summed E-state index contributed by atoms with van der Waals surface area (Å²) in [6, 6.07) is 16.2. The van der Waals surface area contributed by atoms with Crippen molar-refractivity contribution < 1.29 is 0 Å². The monoisotopic (exact) mass is 278 g/mol. The lowest BCUT2D eigenvalue weighted by molar-refractivity contribution is 0.425. The second-order valence-electron chi connectivity index (χ2n) is 7.50. The third kappa shape index (κ3) is 2.21. The van der Waals surface area contributed by atoms with Gasteiger partial charge in [-0.1, -0.05) is 75.7 Å². The number of hydrogen-bond donors (Lipinski definition) is 0. The summed E-state index contributed by atoms with van der Waals surface area (Å²) in [5.74, 6) is 0. The zero-order valence-electron chi connectivity index (χ0n) is 14.0. The van der Waals surface area contributed by atoms with Crippen LogP contribution in [0.15, 0.2) is 42.5 Å². The minimum absolute atomic E-state index is 0.136. The van der Waals surface area contributed by atoms with Gasteiger partial charge in [-0.25, -0.2) is 0 Å². The molecule has 0 saturated heterocycles. The van der Waals surface area contributed by atoms with Gasteiger partial charge in [-0.2, -0.15) is 0 Å². The first-order valence-electron chi connectivity index (χ1n) is 8.08. The molecule has 1 aliphatic rings. The molecular weight excluding hydrogens is 252 g/mol. The molecular formula is C21H26. The number of benzene rings is 2. The first kappa shape index (κ1) is 14.4. The van der Waals surface area contributed by atoms with Crippen LogP contribution in [-0.2, 0) is 17.3 Å². The Bertz CT molecular complexity index is 678. The lowest BCUT2D eigenvalue weighted by atomic mass is 9.75. The highest BCUT2D eigenvalue weighted by Crippen LogP contribution is 2.52. The molecule has 1 aliphatic carbocycles. The summed E-state index contributed by atoms with van der Waals surface area (Å²) in [5.41, 5.74) is 7.72.